The molecule has 3 aliphatic heterocycles. The molecule has 0 saturated carbocycles. The van der Waals surface area contributed by atoms with Gasteiger partial charge in [-0.3, -0.25) is 4.90 Å². The molecule has 3 heterocycles. The highest BCUT2D eigenvalue weighted by Gasteiger charge is 2.43. The van der Waals surface area contributed by atoms with E-state index in [2.05, 4.69) is 60.9 Å². The van der Waals surface area contributed by atoms with Gasteiger partial charge in [-0.2, -0.15) is 0 Å². The van der Waals surface area contributed by atoms with Crippen LogP contribution in [0.1, 0.15) is 5.56 Å². The smallest absolute Gasteiger partial charge is 0.242 e. The standard InChI is InChI=1S/C27H30N2O3Si/c1-28-9-11-31-23-13-18-25(15-20(23)28)33(3,4)26-16-21-24(32-12-10-29(21)2)14-19(26)27(18)17-7-5-6-8-22(17)30/h5-8,13-16,20,23H,9-12H2,1-4H3/p+1. The summed E-state index contributed by atoms with van der Waals surface area (Å²) in [5.41, 5.74) is 3.18. The van der Waals surface area contributed by atoms with Crippen LogP contribution in [-0.2, 0) is 4.74 Å². The van der Waals surface area contributed by atoms with E-state index in [1.54, 1.807) is 6.07 Å². The van der Waals surface area contributed by atoms with Crippen molar-refractivity contribution in [3.8, 4) is 11.5 Å². The molecule has 2 aromatic carbocycles. The summed E-state index contributed by atoms with van der Waals surface area (Å²) in [6.07, 6.45) is 4.81. The number of nitrogens with zero attached hydrogens (tertiary/aromatic N) is 2. The van der Waals surface area contributed by atoms with Crippen molar-refractivity contribution in [2.75, 3.05) is 40.4 Å². The first-order valence-electron chi connectivity index (χ1n) is 11.8. The van der Waals surface area contributed by atoms with Crippen LogP contribution in [0.3, 0.4) is 0 Å². The van der Waals surface area contributed by atoms with E-state index in [4.69, 9.17) is 9.47 Å². The first kappa shape index (κ1) is 20.9. The molecule has 170 valence electrons. The second kappa shape index (κ2) is 7.42. The van der Waals surface area contributed by atoms with E-state index in [0.29, 0.717) is 12.4 Å². The Morgan fingerprint density at radius 2 is 1.94 bits per heavy atom. The monoisotopic (exact) mass is 459 g/mol. The van der Waals surface area contributed by atoms with Gasteiger partial charge in [0.1, 0.15) is 27.5 Å². The van der Waals surface area contributed by atoms with E-state index in [-0.39, 0.29) is 12.1 Å². The van der Waals surface area contributed by atoms with Crippen molar-refractivity contribution in [3.63, 3.8) is 0 Å². The zero-order chi connectivity index (χ0) is 22.9. The van der Waals surface area contributed by atoms with Crippen molar-refractivity contribution in [3.05, 3.63) is 75.5 Å². The predicted octanol–water partition coefficient (Wildman–Crippen LogP) is 1.14. The molecule has 6 rings (SSSR count). The van der Waals surface area contributed by atoms with Crippen LogP contribution < -0.4 is 25.1 Å². The lowest BCUT2D eigenvalue weighted by molar-refractivity contribution is -0.0210. The molecule has 2 atom stereocenters. The number of ether oxygens (including phenoxy) is 2. The van der Waals surface area contributed by atoms with Crippen molar-refractivity contribution in [1.82, 2.24) is 9.48 Å². The highest BCUT2D eigenvalue weighted by Crippen LogP contribution is 2.41. The summed E-state index contributed by atoms with van der Waals surface area (Å²) in [5.74, 6) is 1.23. The number of benzene rings is 2. The van der Waals surface area contributed by atoms with E-state index in [1.807, 2.05) is 18.2 Å². The van der Waals surface area contributed by atoms with E-state index < -0.39 is 8.07 Å². The topological polar surface area (TPSA) is 44.9 Å². The molecule has 1 fully saturated rings. The van der Waals surface area contributed by atoms with Gasteiger partial charge in [0, 0.05) is 18.2 Å². The van der Waals surface area contributed by atoms with Crippen molar-refractivity contribution in [1.29, 1.82) is 0 Å². The van der Waals surface area contributed by atoms with Gasteiger partial charge in [-0.1, -0.05) is 37.4 Å². The number of aromatic hydroxyl groups is 1. The Bertz CT molecular complexity index is 1360. The average Bonchev–Trinajstić information content (AvgIpc) is 2.79. The van der Waals surface area contributed by atoms with Crippen LogP contribution in [-0.4, -0.2) is 70.6 Å². The van der Waals surface area contributed by atoms with Crippen LogP contribution in [0, 0.1) is 0 Å². The van der Waals surface area contributed by atoms with Gasteiger partial charge in [0.05, 0.1) is 18.8 Å². The molecule has 0 radical (unpaired) electrons. The summed E-state index contributed by atoms with van der Waals surface area (Å²) >= 11 is 0. The fourth-order valence-corrected chi connectivity index (χ4v) is 8.99. The van der Waals surface area contributed by atoms with Crippen LogP contribution in [0.4, 0.5) is 0 Å². The van der Waals surface area contributed by atoms with Crippen molar-refractivity contribution in [2.24, 2.45) is 0 Å². The maximum atomic E-state index is 10.9. The molecular weight excluding hydrogens is 428 g/mol. The molecular formula is C27H31N2O3Si+. The molecule has 6 heteroatoms. The quantitative estimate of drug-likeness (QED) is 0.513. The summed E-state index contributed by atoms with van der Waals surface area (Å²) in [6, 6.07) is 12.5. The fourth-order valence-electron chi connectivity index (χ4n) is 5.86. The molecule has 4 aliphatic rings. The number of phenols is 1. The van der Waals surface area contributed by atoms with Gasteiger partial charge in [-0.05, 0) is 52.0 Å². The Kier molecular flexibility index (Phi) is 4.70. The molecule has 1 saturated heterocycles. The van der Waals surface area contributed by atoms with Gasteiger partial charge >= 0.3 is 0 Å². The lowest BCUT2D eigenvalue weighted by atomic mass is 9.87. The molecule has 5 nitrogen and oxygen atoms in total. The normalized spacial score (nSPS) is 25.7. The van der Waals surface area contributed by atoms with Crippen molar-refractivity contribution < 1.29 is 14.6 Å². The number of para-hydroxylation sites is 1. The van der Waals surface area contributed by atoms with Crippen LogP contribution in [0.25, 0.3) is 5.57 Å². The van der Waals surface area contributed by atoms with Gasteiger partial charge in [-0.25, -0.2) is 4.58 Å². The van der Waals surface area contributed by atoms with E-state index in [1.165, 1.54) is 21.2 Å². The van der Waals surface area contributed by atoms with Gasteiger partial charge in [0.15, 0.2) is 12.3 Å². The molecule has 2 aromatic rings. The van der Waals surface area contributed by atoms with Crippen LogP contribution in [0.2, 0.25) is 13.1 Å². The molecule has 0 bridgehead atoms. The first-order chi connectivity index (χ1) is 15.9. The van der Waals surface area contributed by atoms with Gasteiger partial charge in [0.2, 0.25) is 5.36 Å². The second-order valence-corrected chi connectivity index (χ2v) is 14.4. The van der Waals surface area contributed by atoms with Crippen LogP contribution in [0.15, 0.2) is 59.3 Å². The second-order valence-electron chi connectivity index (χ2n) is 10.1. The number of likely N-dealkylation sites (N-methyl/N-ethyl adjacent to an activating group) is 2. The summed E-state index contributed by atoms with van der Waals surface area (Å²) in [7, 11) is 2.30. The number of rotatable bonds is 1. The number of phenolic OH excluding ortho intramolecular Hbond substituents is 1. The van der Waals surface area contributed by atoms with E-state index in [0.717, 1.165) is 41.9 Å². The average molecular weight is 460 g/mol. The Morgan fingerprint density at radius 3 is 2.76 bits per heavy atom. The van der Waals surface area contributed by atoms with Crippen molar-refractivity contribution in [2.45, 2.75) is 25.2 Å². The van der Waals surface area contributed by atoms with Gasteiger partial charge in [0.25, 0.3) is 0 Å². The number of hydrogen-bond acceptors (Lipinski definition) is 4. The Morgan fingerprint density at radius 1 is 1.12 bits per heavy atom. The van der Waals surface area contributed by atoms with E-state index in [9.17, 15) is 5.11 Å². The summed E-state index contributed by atoms with van der Waals surface area (Å²) < 4.78 is 14.6. The van der Waals surface area contributed by atoms with Crippen LogP contribution >= 0.6 is 0 Å². The zero-order valence-corrected chi connectivity index (χ0v) is 20.8. The maximum Gasteiger partial charge on any atom is 0.242 e. The number of hydrogen-bond donors (Lipinski definition) is 1. The molecule has 0 spiro atoms. The summed E-state index contributed by atoms with van der Waals surface area (Å²) in [5, 5.41) is 16.1. The number of morpholine rings is 1. The Balaban J connectivity index is 1.74. The SMILES string of the molecule is CN1CCOC2C=C3C(=CC21)[Si](C)(C)c1cc2c(cc1=C3c1ccccc1O)OCC[N+]=2C. The largest absolute Gasteiger partial charge is 0.507 e. The lowest BCUT2D eigenvalue weighted by Gasteiger charge is -2.44. The Labute approximate surface area is 195 Å². The minimum Gasteiger partial charge on any atom is -0.507 e. The summed E-state index contributed by atoms with van der Waals surface area (Å²) in [4.78, 5) is 2.41. The Hall–Kier alpha value is -2.67. The van der Waals surface area contributed by atoms with Gasteiger partial charge < -0.3 is 14.6 Å². The highest BCUT2D eigenvalue weighted by atomic mass is 28.3. The molecule has 1 aliphatic carbocycles. The minimum absolute atomic E-state index is 0.0229. The first-order valence-corrected chi connectivity index (χ1v) is 14.8. The summed E-state index contributed by atoms with van der Waals surface area (Å²) in [6.45, 7) is 8.16. The maximum absolute atomic E-state index is 10.9. The zero-order valence-electron chi connectivity index (χ0n) is 19.8. The highest BCUT2D eigenvalue weighted by molar-refractivity contribution is 6.97. The van der Waals surface area contributed by atoms with Gasteiger partial charge in [-0.15, -0.1) is 0 Å². The number of allylic oxidation sites excluding steroid dienone is 2. The third-order valence-electron chi connectivity index (χ3n) is 7.81. The molecule has 33 heavy (non-hydrogen) atoms. The predicted molar refractivity (Wildman–Crippen MR) is 133 cm³/mol. The van der Waals surface area contributed by atoms with Crippen LogP contribution in [0.5, 0.6) is 11.5 Å². The third-order valence-corrected chi connectivity index (χ3v) is 11.4. The number of fused-ring (bicyclic) bond motifs is 4. The lowest BCUT2D eigenvalue weighted by Crippen LogP contribution is -2.60. The minimum atomic E-state index is -2.03. The third kappa shape index (κ3) is 3.08. The molecule has 2 unspecified atom stereocenters. The van der Waals surface area contributed by atoms with Crippen molar-refractivity contribution >= 4 is 18.8 Å². The molecule has 0 amide bonds. The molecule has 0 aromatic heterocycles. The van der Waals surface area contributed by atoms with E-state index >= 15 is 0 Å². The molecule has 1 N–H and O–H groups in total. The fraction of sp³-hybridized carbons (Fsp3) is 0.370.